The van der Waals surface area contributed by atoms with Gasteiger partial charge in [0.05, 0.1) is 10.6 Å². The average molecular weight is 549 g/mol. The van der Waals surface area contributed by atoms with Crippen LogP contribution in [0.4, 0.5) is 21.9 Å². The average Bonchev–Trinajstić information content (AvgIpc) is 3.41. The molecule has 1 aromatic heterocycles. The first-order valence-electron chi connectivity index (χ1n) is 13.7. The van der Waals surface area contributed by atoms with Crippen molar-refractivity contribution in [1.82, 2.24) is 15.3 Å². The molecule has 0 unspecified atom stereocenters. The molecule has 4 N–H and O–H groups in total. The molecule has 1 aliphatic carbocycles. The third-order valence-electron chi connectivity index (χ3n) is 7.33. The van der Waals surface area contributed by atoms with Gasteiger partial charge in [0.25, 0.3) is 10.0 Å². The minimum absolute atomic E-state index is 0.120. The maximum atomic E-state index is 13.1. The van der Waals surface area contributed by atoms with Gasteiger partial charge in [-0.3, -0.25) is 9.71 Å². The Morgan fingerprint density at radius 1 is 0.949 bits per heavy atom. The summed E-state index contributed by atoms with van der Waals surface area (Å²) in [5.74, 6) is 0. The normalized spacial score (nSPS) is 16.7. The summed E-state index contributed by atoms with van der Waals surface area (Å²) in [6.07, 6.45) is 13.5. The number of rotatable bonds is 7. The van der Waals surface area contributed by atoms with Crippen LogP contribution in [0.2, 0.25) is 0 Å². The van der Waals surface area contributed by atoms with E-state index in [1.54, 1.807) is 36.7 Å². The van der Waals surface area contributed by atoms with Gasteiger partial charge < -0.3 is 16.1 Å². The Morgan fingerprint density at radius 2 is 1.67 bits per heavy atom. The number of nitrogens with one attached hydrogen (secondary N) is 4. The summed E-state index contributed by atoms with van der Waals surface area (Å²) in [6.45, 7) is 1.10. The van der Waals surface area contributed by atoms with Crippen molar-refractivity contribution in [2.24, 2.45) is 0 Å². The minimum Gasteiger partial charge on any atom is -0.334 e. The van der Waals surface area contributed by atoms with Crippen LogP contribution in [0.15, 0.2) is 71.9 Å². The van der Waals surface area contributed by atoms with E-state index in [-0.39, 0.29) is 10.9 Å². The quantitative estimate of drug-likeness (QED) is 0.294. The smallest absolute Gasteiger partial charge is 0.319 e. The predicted octanol–water partition coefficient (Wildman–Crippen LogP) is 5.85. The lowest BCUT2D eigenvalue weighted by molar-refractivity contribution is 0.216. The number of sulfonamides is 1. The highest BCUT2D eigenvalue weighted by Gasteiger charge is 2.26. The lowest BCUT2D eigenvalue weighted by atomic mass is 10.0. The zero-order valence-electron chi connectivity index (χ0n) is 22.0. The fraction of sp³-hybridized carbons (Fsp3) is 0.379. The molecule has 0 atom stereocenters. The number of pyridine rings is 1. The molecule has 39 heavy (non-hydrogen) atoms. The lowest BCUT2D eigenvalue weighted by Gasteiger charge is -2.27. The number of hydrazine groups is 1. The van der Waals surface area contributed by atoms with Gasteiger partial charge in [0.1, 0.15) is 0 Å². The third kappa shape index (κ3) is 7.27. The van der Waals surface area contributed by atoms with Gasteiger partial charge in [-0.05, 0) is 72.5 Å². The van der Waals surface area contributed by atoms with Crippen molar-refractivity contribution in [3.8, 4) is 0 Å². The van der Waals surface area contributed by atoms with E-state index in [1.807, 2.05) is 18.2 Å². The Labute approximate surface area is 230 Å². The molecule has 2 amide bonds. The van der Waals surface area contributed by atoms with Crippen LogP contribution >= 0.6 is 0 Å². The van der Waals surface area contributed by atoms with Crippen LogP contribution in [0, 0.1) is 0 Å². The molecule has 1 fully saturated rings. The maximum Gasteiger partial charge on any atom is 0.319 e. The zero-order valence-corrected chi connectivity index (χ0v) is 22.8. The monoisotopic (exact) mass is 548 g/mol. The molecule has 206 valence electrons. The molecule has 0 spiro atoms. The summed E-state index contributed by atoms with van der Waals surface area (Å²) in [5, 5.41) is 7.79. The van der Waals surface area contributed by atoms with E-state index in [2.05, 4.69) is 30.8 Å². The zero-order chi connectivity index (χ0) is 27.1. The second kappa shape index (κ2) is 12.5. The number of nitrogens with zero attached hydrogens (tertiary/aromatic N) is 2. The van der Waals surface area contributed by atoms with Crippen LogP contribution in [0.25, 0.3) is 0 Å². The van der Waals surface area contributed by atoms with Crippen molar-refractivity contribution in [3.63, 3.8) is 0 Å². The molecule has 1 aliphatic heterocycles. The number of amides is 2. The molecular formula is C29H36N6O3S. The molecule has 10 heteroatoms. The predicted molar refractivity (Wildman–Crippen MR) is 154 cm³/mol. The van der Waals surface area contributed by atoms with Gasteiger partial charge in [0.15, 0.2) is 0 Å². The van der Waals surface area contributed by atoms with Gasteiger partial charge in [0, 0.05) is 42.9 Å². The summed E-state index contributed by atoms with van der Waals surface area (Å²) in [6, 6.07) is 15.5. The van der Waals surface area contributed by atoms with Crippen molar-refractivity contribution in [3.05, 3.63) is 78.1 Å². The SMILES string of the molecule is O=C(NCc1cccnc1)Nc1ccc(S(=O)(=O)Nc2ccc3c(c2)CN(C2CCCCCCCC2)N3)cc1. The molecule has 1 saturated carbocycles. The standard InChI is InChI=1S/C29H36N6O3S/c36-29(31-20-22-8-7-17-30-19-22)32-24-11-14-27(15-12-24)39(37,38)34-25-13-16-28-23(18-25)21-35(33-28)26-9-5-3-1-2-4-6-10-26/h7-8,11-19,26,33-34H,1-6,9-10,20-21H2,(H2,31,32,36). The summed E-state index contributed by atoms with van der Waals surface area (Å²) < 4.78 is 28.8. The molecule has 0 radical (unpaired) electrons. The lowest BCUT2D eigenvalue weighted by Crippen LogP contribution is -2.35. The van der Waals surface area contributed by atoms with Crippen LogP contribution in [0.1, 0.15) is 62.5 Å². The summed E-state index contributed by atoms with van der Waals surface area (Å²) in [5.41, 5.74) is 7.58. The molecule has 3 aromatic rings. The number of hydrogen-bond acceptors (Lipinski definition) is 6. The molecule has 2 heterocycles. The van der Waals surface area contributed by atoms with Crippen molar-refractivity contribution in [2.75, 3.05) is 15.5 Å². The molecular weight excluding hydrogens is 512 g/mol. The summed E-state index contributed by atoms with van der Waals surface area (Å²) in [4.78, 5) is 16.3. The van der Waals surface area contributed by atoms with E-state index in [1.165, 1.54) is 63.5 Å². The van der Waals surface area contributed by atoms with E-state index in [0.29, 0.717) is 24.0 Å². The molecule has 2 aromatic carbocycles. The topological polar surface area (TPSA) is 115 Å². The second-order valence-corrected chi connectivity index (χ2v) is 11.9. The van der Waals surface area contributed by atoms with Crippen LogP contribution in [0.5, 0.6) is 0 Å². The highest BCUT2D eigenvalue weighted by Crippen LogP contribution is 2.33. The van der Waals surface area contributed by atoms with Crippen LogP contribution in [-0.4, -0.2) is 30.5 Å². The number of hydrogen-bond donors (Lipinski definition) is 4. The van der Waals surface area contributed by atoms with Gasteiger partial charge in [-0.1, -0.05) is 44.6 Å². The number of carbonyl (C=O) groups is 1. The molecule has 0 saturated heterocycles. The Hall–Kier alpha value is -3.63. The summed E-state index contributed by atoms with van der Waals surface area (Å²) in [7, 11) is -3.79. The largest absolute Gasteiger partial charge is 0.334 e. The van der Waals surface area contributed by atoms with Crippen LogP contribution < -0.4 is 20.8 Å². The molecule has 5 rings (SSSR count). The van der Waals surface area contributed by atoms with Crippen LogP contribution in [-0.2, 0) is 23.1 Å². The van der Waals surface area contributed by atoms with E-state index < -0.39 is 10.0 Å². The van der Waals surface area contributed by atoms with E-state index in [9.17, 15) is 13.2 Å². The fourth-order valence-electron chi connectivity index (χ4n) is 5.21. The Morgan fingerprint density at radius 3 is 2.38 bits per heavy atom. The van der Waals surface area contributed by atoms with E-state index >= 15 is 0 Å². The van der Waals surface area contributed by atoms with Crippen molar-refractivity contribution >= 4 is 33.1 Å². The van der Waals surface area contributed by atoms with E-state index in [0.717, 1.165) is 23.4 Å². The second-order valence-electron chi connectivity index (χ2n) is 10.3. The highest BCUT2D eigenvalue weighted by atomic mass is 32.2. The first-order chi connectivity index (χ1) is 19.0. The number of anilines is 3. The number of carbonyl (C=O) groups excluding carboxylic acids is 1. The fourth-order valence-corrected chi connectivity index (χ4v) is 6.26. The van der Waals surface area contributed by atoms with Gasteiger partial charge in [-0.25, -0.2) is 18.2 Å². The first-order valence-corrected chi connectivity index (χ1v) is 15.2. The third-order valence-corrected chi connectivity index (χ3v) is 8.72. The number of aromatic nitrogens is 1. The maximum absolute atomic E-state index is 13.1. The van der Waals surface area contributed by atoms with Gasteiger partial charge in [-0.15, -0.1) is 0 Å². The van der Waals surface area contributed by atoms with Gasteiger partial charge in [0.2, 0.25) is 0 Å². The minimum atomic E-state index is -3.79. The van der Waals surface area contributed by atoms with Gasteiger partial charge in [-0.2, -0.15) is 0 Å². The first kappa shape index (κ1) is 27.0. The highest BCUT2D eigenvalue weighted by molar-refractivity contribution is 7.92. The number of benzene rings is 2. The molecule has 9 nitrogen and oxygen atoms in total. The van der Waals surface area contributed by atoms with Crippen LogP contribution in [0.3, 0.4) is 0 Å². The Balaban J connectivity index is 1.17. The molecule has 0 bridgehead atoms. The van der Waals surface area contributed by atoms with Crippen molar-refractivity contribution < 1.29 is 13.2 Å². The van der Waals surface area contributed by atoms with Gasteiger partial charge >= 0.3 is 6.03 Å². The van der Waals surface area contributed by atoms with E-state index in [4.69, 9.17) is 0 Å². The van der Waals surface area contributed by atoms with Crippen molar-refractivity contribution in [2.45, 2.75) is 75.4 Å². The Bertz CT molecular complexity index is 1360. The summed E-state index contributed by atoms with van der Waals surface area (Å²) >= 11 is 0. The number of urea groups is 1. The number of fused-ring (bicyclic) bond motifs is 1. The van der Waals surface area contributed by atoms with Crippen molar-refractivity contribution in [1.29, 1.82) is 0 Å². The Kier molecular flexibility index (Phi) is 8.63. The molecule has 2 aliphatic rings.